The lowest BCUT2D eigenvalue weighted by Gasteiger charge is -2.15. The van der Waals surface area contributed by atoms with E-state index in [1.54, 1.807) is 0 Å². The van der Waals surface area contributed by atoms with Crippen LogP contribution in [0.3, 0.4) is 0 Å². The van der Waals surface area contributed by atoms with Crippen molar-refractivity contribution in [2.24, 2.45) is 0 Å². The van der Waals surface area contributed by atoms with Gasteiger partial charge in [-0.1, -0.05) is 37.3 Å². The van der Waals surface area contributed by atoms with Crippen LogP contribution >= 0.6 is 0 Å². The Hall–Kier alpha value is -1.72. The second-order valence-corrected chi connectivity index (χ2v) is 6.31. The zero-order valence-electron chi connectivity index (χ0n) is 13.4. The van der Waals surface area contributed by atoms with Gasteiger partial charge in [0.1, 0.15) is 6.10 Å². The molecule has 5 heteroatoms. The van der Waals surface area contributed by atoms with Crippen LogP contribution in [0.4, 0.5) is 0 Å². The Morgan fingerprint density at radius 1 is 1.04 bits per heavy atom. The minimum atomic E-state index is -0.0429. The number of ether oxygens (including phenoxy) is 2. The molecular formula is C18H22N2O3. The summed E-state index contributed by atoms with van der Waals surface area (Å²) in [5.74, 6) is 1.42. The van der Waals surface area contributed by atoms with E-state index in [0.717, 1.165) is 37.9 Å². The van der Waals surface area contributed by atoms with Gasteiger partial charge in [-0.15, -0.1) is 10.2 Å². The van der Waals surface area contributed by atoms with Crippen molar-refractivity contribution in [3.05, 3.63) is 47.7 Å². The van der Waals surface area contributed by atoms with Gasteiger partial charge < -0.3 is 13.9 Å². The highest BCUT2D eigenvalue weighted by atomic mass is 16.5. The lowest BCUT2D eigenvalue weighted by Crippen LogP contribution is -2.06. The minimum absolute atomic E-state index is 0.00242. The summed E-state index contributed by atoms with van der Waals surface area (Å²) in [4.78, 5) is 0. The third-order valence-corrected chi connectivity index (χ3v) is 4.83. The number of hydrogen-bond donors (Lipinski definition) is 0. The van der Waals surface area contributed by atoms with Gasteiger partial charge in [0.2, 0.25) is 11.8 Å². The predicted octanol–water partition coefficient (Wildman–Crippen LogP) is 3.94. The summed E-state index contributed by atoms with van der Waals surface area (Å²) < 4.78 is 17.8. The third-order valence-electron chi connectivity index (χ3n) is 4.83. The number of hydrogen-bond acceptors (Lipinski definition) is 5. The first-order valence-corrected chi connectivity index (χ1v) is 8.50. The fourth-order valence-electron chi connectivity index (χ4n) is 3.53. The monoisotopic (exact) mass is 314 g/mol. The van der Waals surface area contributed by atoms with Crippen LogP contribution in [-0.4, -0.2) is 22.9 Å². The first-order chi connectivity index (χ1) is 11.3. The van der Waals surface area contributed by atoms with Gasteiger partial charge in [-0.25, -0.2) is 0 Å². The van der Waals surface area contributed by atoms with E-state index in [1.807, 2.05) is 18.2 Å². The molecule has 4 atom stereocenters. The van der Waals surface area contributed by atoms with Crippen LogP contribution in [0.1, 0.15) is 68.1 Å². The van der Waals surface area contributed by atoms with E-state index in [1.165, 1.54) is 0 Å². The summed E-state index contributed by atoms with van der Waals surface area (Å²) in [6.45, 7) is 2.87. The van der Waals surface area contributed by atoms with Crippen molar-refractivity contribution in [2.75, 3.05) is 6.61 Å². The largest absolute Gasteiger partial charge is 0.422 e. The smallest absolute Gasteiger partial charge is 0.245 e. The molecule has 2 unspecified atom stereocenters. The van der Waals surface area contributed by atoms with Crippen LogP contribution < -0.4 is 0 Å². The van der Waals surface area contributed by atoms with E-state index in [9.17, 15) is 0 Å². The molecular weight excluding hydrogens is 292 g/mol. The molecule has 2 aromatic rings. The molecule has 1 aromatic carbocycles. The van der Waals surface area contributed by atoms with Crippen molar-refractivity contribution >= 4 is 0 Å². The zero-order chi connectivity index (χ0) is 15.6. The van der Waals surface area contributed by atoms with E-state index < -0.39 is 0 Å². The van der Waals surface area contributed by atoms with E-state index in [0.29, 0.717) is 17.9 Å². The molecule has 4 rings (SSSR count). The molecule has 0 saturated carbocycles. The Labute approximate surface area is 136 Å². The van der Waals surface area contributed by atoms with Crippen molar-refractivity contribution in [2.45, 2.75) is 56.8 Å². The maximum absolute atomic E-state index is 5.97. The Balaban J connectivity index is 1.52. The predicted molar refractivity (Wildman–Crippen MR) is 83.9 cm³/mol. The van der Waals surface area contributed by atoms with Gasteiger partial charge in [-0.2, -0.15) is 0 Å². The summed E-state index contributed by atoms with van der Waals surface area (Å²) in [6.07, 6.45) is 4.24. The van der Waals surface area contributed by atoms with Crippen molar-refractivity contribution in [1.82, 2.24) is 10.2 Å². The van der Waals surface area contributed by atoms with Crippen LogP contribution in [0.15, 0.2) is 34.7 Å². The maximum Gasteiger partial charge on any atom is 0.245 e. The number of rotatable bonds is 4. The summed E-state index contributed by atoms with van der Waals surface area (Å²) in [5.41, 5.74) is 1.16. The molecule has 2 fully saturated rings. The van der Waals surface area contributed by atoms with Crippen molar-refractivity contribution in [3.63, 3.8) is 0 Å². The molecule has 122 valence electrons. The van der Waals surface area contributed by atoms with E-state index >= 15 is 0 Å². The lowest BCUT2D eigenvalue weighted by atomic mass is 9.95. The number of aromatic nitrogens is 2. The molecule has 0 amide bonds. The van der Waals surface area contributed by atoms with Crippen molar-refractivity contribution in [1.29, 1.82) is 0 Å². The van der Waals surface area contributed by atoms with E-state index in [4.69, 9.17) is 13.9 Å². The van der Waals surface area contributed by atoms with Gasteiger partial charge in [0.25, 0.3) is 0 Å². The fourth-order valence-corrected chi connectivity index (χ4v) is 3.53. The number of nitrogens with zero attached hydrogens (tertiary/aromatic N) is 2. The second-order valence-electron chi connectivity index (χ2n) is 6.31. The average Bonchev–Trinajstić information content (AvgIpc) is 3.33. The summed E-state index contributed by atoms with van der Waals surface area (Å²) in [5, 5.41) is 8.54. The Morgan fingerprint density at radius 2 is 1.87 bits per heavy atom. The maximum atomic E-state index is 5.97. The average molecular weight is 314 g/mol. The quantitative estimate of drug-likeness (QED) is 0.855. The molecule has 2 aliphatic rings. The summed E-state index contributed by atoms with van der Waals surface area (Å²) >= 11 is 0. The molecule has 1 aromatic heterocycles. The van der Waals surface area contributed by atoms with E-state index in [2.05, 4.69) is 29.3 Å². The SMILES string of the molecule is CCC1CCC(c2nnc([C@H]3CCO[C@@H]3c3ccccc3)o2)O1. The topological polar surface area (TPSA) is 57.4 Å². The molecule has 2 aliphatic heterocycles. The zero-order valence-corrected chi connectivity index (χ0v) is 13.4. The third kappa shape index (κ3) is 2.91. The van der Waals surface area contributed by atoms with Crippen LogP contribution in [0.5, 0.6) is 0 Å². The molecule has 0 N–H and O–H groups in total. The normalized spacial score (nSPS) is 30.8. The van der Waals surface area contributed by atoms with Gasteiger partial charge in [0.05, 0.1) is 18.1 Å². The molecule has 0 spiro atoms. The van der Waals surface area contributed by atoms with Crippen molar-refractivity contribution < 1.29 is 13.9 Å². The van der Waals surface area contributed by atoms with Crippen LogP contribution in [0, 0.1) is 0 Å². The van der Waals surface area contributed by atoms with Crippen LogP contribution in [0.2, 0.25) is 0 Å². The first kappa shape index (κ1) is 14.8. The summed E-state index contributed by atoms with van der Waals surface area (Å²) in [6, 6.07) is 10.3. The molecule has 5 nitrogen and oxygen atoms in total. The lowest BCUT2D eigenvalue weighted by molar-refractivity contribution is 0.0263. The highest BCUT2D eigenvalue weighted by Gasteiger charge is 2.36. The standard InChI is InChI=1S/C18H22N2O3/c1-2-13-8-9-15(22-13)18-20-19-17(23-18)14-10-11-21-16(14)12-6-4-3-5-7-12/h3-7,13-16H,2,8-11H2,1H3/t13?,14-,15?,16+/m0/s1. The Morgan fingerprint density at radius 3 is 2.65 bits per heavy atom. The van der Waals surface area contributed by atoms with Gasteiger partial charge in [0.15, 0.2) is 0 Å². The van der Waals surface area contributed by atoms with Gasteiger partial charge in [-0.3, -0.25) is 0 Å². The molecule has 0 aliphatic carbocycles. The van der Waals surface area contributed by atoms with E-state index in [-0.39, 0.29) is 18.1 Å². The molecule has 0 bridgehead atoms. The first-order valence-electron chi connectivity index (χ1n) is 8.50. The minimum Gasteiger partial charge on any atom is -0.422 e. The van der Waals surface area contributed by atoms with Gasteiger partial charge >= 0.3 is 0 Å². The molecule has 2 saturated heterocycles. The van der Waals surface area contributed by atoms with Crippen molar-refractivity contribution in [3.8, 4) is 0 Å². The molecule has 0 radical (unpaired) electrons. The second kappa shape index (κ2) is 6.42. The van der Waals surface area contributed by atoms with Crippen LogP contribution in [-0.2, 0) is 9.47 Å². The van der Waals surface area contributed by atoms with Gasteiger partial charge in [-0.05, 0) is 31.2 Å². The Bertz CT molecular complexity index is 643. The fraction of sp³-hybridized carbons (Fsp3) is 0.556. The Kier molecular flexibility index (Phi) is 4.14. The highest BCUT2D eigenvalue weighted by Crippen LogP contribution is 2.42. The number of benzene rings is 1. The van der Waals surface area contributed by atoms with Gasteiger partial charge in [0, 0.05) is 6.61 Å². The summed E-state index contributed by atoms with van der Waals surface area (Å²) in [7, 11) is 0. The molecule has 3 heterocycles. The van der Waals surface area contributed by atoms with Crippen LogP contribution in [0.25, 0.3) is 0 Å². The molecule has 23 heavy (non-hydrogen) atoms. The highest BCUT2D eigenvalue weighted by molar-refractivity contribution is 5.22.